The summed E-state index contributed by atoms with van der Waals surface area (Å²) in [5, 5.41) is 10.3. The van der Waals surface area contributed by atoms with Gasteiger partial charge in [0.15, 0.2) is 0 Å². The first-order valence-electron chi connectivity index (χ1n) is 12.8. The van der Waals surface area contributed by atoms with Gasteiger partial charge in [0.25, 0.3) is 0 Å². The van der Waals surface area contributed by atoms with Gasteiger partial charge in [0, 0.05) is 13.1 Å². The fourth-order valence-corrected chi connectivity index (χ4v) is 6.25. The average molecular weight is 495 g/mol. The number of carbonyl (C=O) groups is 3. The molecular formula is C28H34N2O6. The van der Waals surface area contributed by atoms with Gasteiger partial charge in [-0.25, -0.2) is 0 Å². The fourth-order valence-electron chi connectivity index (χ4n) is 6.25. The highest BCUT2D eigenvalue weighted by Crippen LogP contribution is 2.54. The van der Waals surface area contributed by atoms with E-state index in [4.69, 9.17) is 9.47 Å². The Kier molecular flexibility index (Phi) is 6.74. The lowest BCUT2D eigenvalue weighted by molar-refractivity contribution is -0.156. The normalized spacial score (nSPS) is 32.5. The molecule has 8 nitrogen and oxygen atoms in total. The number of fused-ring (bicyclic) bond motifs is 2. The standard InChI is InChI=1S/C28H34N2O6/c1-18(2)15-20(17-31)30-24-26(33)29(16-19-9-4-3-5-10-19)13-8-12-28(24)23(25(30)32)22-21(36-28)11-6-7-14-35-27(22)34/h3-6,8-12,18,20-24,31H,7,13-17H2,1-2H3/t20-,21+,22-,23+,24?,28+/m1/s1. The SMILES string of the molecule is CC(C)C[C@H](CO)N1C(=O)[C@@H]2[C@@H]3C(=O)OCCC=C[C@@H]3O[C@@]23C=CCN(Cc2ccccc2)C(=O)C13. The number of nitrogens with zero attached hydrogens (tertiary/aromatic N) is 2. The number of benzene rings is 1. The first-order chi connectivity index (χ1) is 17.4. The summed E-state index contributed by atoms with van der Waals surface area (Å²) in [4.78, 5) is 44.8. The minimum Gasteiger partial charge on any atom is -0.465 e. The Balaban J connectivity index is 1.60. The van der Waals surface area contributed by atoms with Crippen molar-refractivity contribution < 1.29 is 29.0 Å². The quantitative estimate of drug-likeness (QED) is 0.481. The summed E-state index contributed by atoms with van der Waals surface area (Å²) in [6.07, 6.45) is 7.85. The number of hydrogen-bond acceptors (Lipinski definition) is 6. The fraction of sp³-hybridized carbons (Fsp3) is 0.536. The van der Waals surface area contributed by atoms with Crippen LogP contribution in [0, 0.1) is 17.8 Å². The van der Waals surface area contributed by atoms with Crippen molar-refractivity contribution in [2.75, 3.05) is 19.8 Å². The summed E-state index contributed by atoms with van der Waals surface area (Å²) in [6, 6.07) is 8.15. The van der Waals surface area contributed by atoms with E-state index >= 15 is 0 Å². The van der Waals surface area contributed by atoms with Gasteiger partial charge in [-0.2, -0.15) is 0 Å². The van der Waals surface area contributed by atoms with Gasteiger partial charge >= 0.3 is 5.97 Å². The van der Waals surface area contributed by atoms with E-state index in [1.165, 1.54) is 4.90 Å². The number of rotatable bonds is 6. The zero-order valence-corrected chi connectivity index (χ0v) is 20.8. The maximum Gasteiger partial charge on any atom is 0.312 e. The van der Waals surface area contributed by atoms with Crippen LogP contribution >= 0.6 is 0 Å². The molecule has 192 valence electrons. The van der Waals surface area contributed by atoms with Crippen LogP contribution in [0.25, 0.3) is 0 Å². The Morgan fingerprint density at radius 2 is 1.89 bits per heavy atom. The van der Waals surface area contributed by atoms with Gasteiger partial charge in [0.05, 0.1) is 31.3 Å². The highest BCUT2D eigenvalue weighted by molar-refractivity contribution is 5.99. The molecule has 0 bridgehead atoms. The molecular weight excluding hydrogens is 460 g/mol. The molecule has 0 aliphatic carbocycles. The third kappa shape index (κ3) is 4.06. The van der Waals surface area contributed by atoms with E-state index < -0.39 is 41.6 Å². The van der Waals surface area contributed by atoms with E-state index in [0.29, 0.717) is 25.9 Å². The van der Waals surface area contributed by atoms with Gasteiger partial charge in [-0.3, -0.25) is 14.4 Å². The number of aliphatic hydroxyl groups excluding tert-OH is 1. The third-order valence-electron chi connectivity index (χ3n) is 7.71. The molecule has 0 saturated carbocycles. The number of hydrogen-bond donors (Lipinski definition) is 1. The lowest BCUT2D eigenvalue weighted by Crippen LogP contribution is -2.58. The molecule has 1 spiro atoms. The van der Waals surface area contributed by atoms with E-state index in [1.54, 1.807) is 4.90 Å². The summed E-state index contributed by atoms with van der Waals surface area (Å²) in [5.41, 5.74) is -0.337. The minimum atomic E-state index is -1.31. The largest absolute Gasteiger partial charge is 0.465 e. The second-order valence-corrected chi connectivity index (χ2v) is 10.5. The Morgan fingerprint density at radius 3 is 2.61 bits per heavy atom. The molecule has 4 heterocycles. The summed E-state index contributed by atoms with van der Waals surface area (Å²) in [5.74, 6) is -2.62. The van der Waals surface area contributed by atoms with Gasteiger partial charge in [-0.15, -0.1) is 0 Å². The molecule has 2 fully saturated rings. The van der Waals surface area contributed by atoms with Crippen molar-refractivity contribution in [3.05, 3.63) is 60.2 Å². The van der Waals surface area contributed by atoms with Crippen LogP contribution < -0.4 is 0 Å². The van der Waals surface area contributed by atoms with Crippen molar-refractivity contribution in [3.8, 4) is 0 Å². The van der Waals surface area contributed by atoms with Crippen LogP contribution in [0.4, 0.5) is 0 Å². The molecule has 0 aromatic heterocycles. The van der Waals surface area contributed by atoms with Crippen LogP contribution in [-0.2, 0) is 30.4 Å². The van der Waals surface area contributed by atoms with Crippen LogP contribution in [0.3, 0.4) is 0 Å². The molecule has 8 heteroatoms. The van der Waals surface area contributed by atoms with E-state index in [0.717, 1.165) is 5.56 Å². The number of likely N-dealkylation sites (tertiary alicyclic amines) is 1. The van der Waals surface area contributed by atoms with Crippen molar-refractivity contribution in [3.63, 3.8) is 0 Å². The van der Waals surface area contributed by atoms with Gasteiger partial charge < -0.3 is 24.4 Å². The smallest absolute Gasteiger partial charge is 0.312 e. The Bertz CT molecular complexity index is 1070. The molecule has 2 amide bonds. The topological polar surface area (TPSA) is 96.4 Å². The maximum atomic E-state index is 14.3. The second kappa shape index (κ2) is 9.82. The van der Waals surface area contributed by atoms with E-state index in [-0.39, 0.29) is 30.9 Å². The number of carbonyl (C=O) groups excluding carboxylic acids is 3. The van der Waals surface area contributed by atoms with E-state index in [9.17, 15) is 19.5 Å². The Morgan fingerprint density at radius 1 is 1.11 bits per heavy atom. The van der Waals surface area contributed by atoms with Crippen LogP contribution in [0.15, 0.2) is 54.6 Å². The number of amides is 2. The predicted molar refractivity (Wildman–Crippen MR) is 131 cm³/mol. The van der Waals surface area contributed by atoms with E-state index in [1.807, 2.05) is 68.5 Å². The Hall–Kier alpha value is -2.97. The van der Waals surface area contributed by atoms with Gasteiger partial charge in [0.1, 0.15) is 17.6 Å². The number of ether oxygens (including phenoxy) is 2. The molecule has 1 unspecified atom stereocenters. The maximum absolute atomic E-state index is 14.3. The second-order valence-electron chi connectivity index (χ2n) is 10.5. The molecule has 4 aliphatic heterocycles. The van der Waals surface area contributed by atoms with Gasteiger partial charge in [0.2, 0.25) is 11.8 Å². The zero-order valence-electron chi connectivity index (χ0n) is 20.8. The first kappa shape index (κ1) is 24.7. The minimum absolute atomic E-state index is 0.186. The molecule has 36 heavy (non-hydrogen) atoms. The molecule has 1 N–H and O–H groups in total. The predicted octanol–water partition coefficient (Wildman–Crippen LogP) is 2.08. The summed E-state index contributed by atoms with van der Waals surface area (Å²) < 4.78 is 12.0. The molecule has 5 rings (SSSR count). The van der Waals surface area contributed by atoms with Crippen LogP contribution in [0.5, 0.6) is 0 Å². The molecule has 0 radical (unpaired) electrons. The van der Waals surface area contributed by atoms with Crippen LogP contribution in [0.1, 0.15) is 32.3 Å². The molecule has 6 atom stereocenters. The molecule has 1 aromatic carbocycles. The number of esters is 1. The van der Waals surface area contributed by atoms with Crippen LogP contribution in [0.2, 0.25) is 0 Å². The highest BCUT2D eigenvalue weighted by Gasteiger charge is 2.72. The van der Waals surface area contributed by atoms with Crippen LogP contribution in [-0.4, -0.2) is 76.2 Å². The summed E-state index contributed by atoms with van der Waals surface area (Å²) in [7, 11) is 0. The number of aliphatic hydroxyl groups is 1. The van der Waals surface area contributed by atoms with Gasteiger partial charge in [-0.05, 0) is 24.3 Å². The van der Waals surface area contributed by atoms with Crippen molar-refractivity contribution in [2.24, 2.45) is 17.8 Å². The lowest BCUT2D eigenvalue weighted by atomic mass is 9.77. The zero-order chi connectivity index (χ0) is 25.4. The van der Waals surface area contributed by atoms with Crippen molar-refractivity contribution in [1.82, 2.24) is 9.80 Å². The van der Waals surface area contributed by atoms with Gasteiger partial charge in [-0.1, -0.05) is 68.5 Å². The van der Waals surface area contributed by atoms with Crippen molar-refractivity contribution >= 4 is 17.8 Å². The lowest BCUT2D eigenvalue weighted by Gasteiger charge is -2.39. The van der Waals surface area contributed by atoms with E-state index in [2.05, 4.69) is 0 Å². The molecule has 1 aromatic rings. The summed E-state index contributed by atoms with van der Waals surface area (Å²) in [6.45, 7) is 4.72. The highest BCUT2D eigenvalue weighted by atomic mass is 16.6. The monoisotopic (exact) mass is 494 g/mol. The Labute approximate surface area is 211 Å². The van der Waals surface area contributed by atoms with Crippen molar-refractivity contribution in [1.29, 1.82) is 0 Å². The molecule has 2 saturated heterocycles. The third-order valence-corrected chi connectivity index (χ3v) is 7.71. The number of cyclic esters (lactones) is 1. The summed E-state index contributed by atoms with van der Waals surface area (Å²) >= 11 is 0. The molecule has 4 aliphatic rings. The first-order valence-corrected chi connectivity index (χ1v) is 12.8. The van der Waals surface area contributed by atoms with Crippen molar-refractivity contribution in [2.45, 2.75) is 57.0 Å². The average Bonchev–Trinajstić information content (AvgIpc) is 3.24.